The molecule has 1 aromatic carbocycles. The molecule has 128 valence electrons. The Bertz CT molecular complexity index is 656. The second-order valence-corrected chi connectivity index (χ2v) is 6.96. The summed E-state index contributed by atoms with van der Waals surface area (Å²) in [6, 6.07) is 6.02. The minimum atomic E-state index is -3.66. The van der Waals surface area contributed by atoms with Crippen LogP contribution in [0, 0.1) is 0 Å². The molecule has 0 aliphatic rings. The molecule has 0 aromatic heterocycles. The number of sulfonamides is 1. The van der Waals surface area contributed by atoms with E-state index in [1.165, 1.54) is 19.2 Å². The average Bonchev–Trinajstić information content (AvgIpc) is 2.52. The van der Waals surface area contributed by atoms with Crippen molar-refractivity contribution in [3.05, 3.63) is 42.0 Å². The van der Waals surface area contributed by atoms with Crippen molar-refractivity contribution in [1.82, 2.24) is 9.62 Å². The fourth-order valence-corrected chi connectivity index (χ4v) is 3.05. The number of nitrogens with one attached hydrogen (secondary N) is 1. The lowest BCUT2D eigenvalue weighted by Gasteiger charge is -2.21. The van der Waals surface area contributed by atoms with Gasteiger partial charge in [-0.15, -0.1) is 0 Å². The van der Waals surface area contributed by atoms with Gasteiger partial charge in [-0.2, -0.15) is 0 Å². The molecule has 6 nitrogen and oxygen atoms in total. The molecule has 1 N–H and O–H groups in total. The van der Waals surface area contributed by atoms with Crippen molar-refractivity contribution < 1.29 is 17.9 Å². The second kappa shape index (κ2) is 8.81. The number of nitrogens with zero attached hydrogens (tertiary/aromatic N) is 1. The van der Waals surface area contributed by atoms with Gasteiger partial charge in [-0.05, 0) is 32.0 Å². The first-order valence-corrected chi connectivity index (χ1v) is 8.82. The van der Waals surface area contributed by atoms with Crippen LogP contribution < -0.4 is 4.72 Å². The van der Waals surface area contributed by atoms with Crippen molar-refractivity contribution in [2.24, 2.45) is 0 Å². The molecule has 1 amide bonds. The SMILES string of the molecule is C=C(C)CN(CC)C(=O)c1cccc(S(=O)(=O)NCCOC)c1. The third kappa shape index (κ3) is 5.78. The Kier molecular flexibility index (Phi) is 7.41. The maximum atomic E-state index is 12.5. The molecule has 0 atom stereocenters. The summed E-state index contributed by atoms with van der Waals surface area (Å²) in [5.74, 6) is -0.218. The summed E-state index contributed by atoms with van der Waals surface area (Å²) in [6.07, 6.45) is 0. The smallest absolute Gasteiger partial charge is 0.254 e. The summed E-state index contributed by atoms with van der Waals surface area (Å²) < 4.78 is 31.6. The number of hydrogen-bond acceptors (Lipinski definition) is 4. The van der Waals surface area contributed by atoms with Crippen LogP contribution >= 0.6 is 0 Å². The summed E-state index contributed by atoms with van der Waals surface area (Å²) in [4.78, 5) is 14.2. The van der Waals surface area contributed by atoms with E-state index in [0.717, 1.165) is 5.57 Å². The average molecular weight is 340 g/mol. The van der Waals surface area contributed by atoms with Gasteiger partial charge in [0.15, 0.2) is 0 Å². The number of likely N-dealkylation sites (N-methyl/N-ethyl adjacent to an activating group) is 1. The van der Waals surface area contributed by atoms with E-state index >= 15 is 0 Å². The van der Waals surface area contributed by atoms with Crippen molar-refractivity contribution in [2.75, 3.05) is 33.4 Å². The molecule has 1 aromatic rings. The minimum Gasteiger partial charge on any atom is -0.383 e. The molecule has 0 fully saturated rings. The highest BCUT2D eigenvalue weighted by Crippen LogP contribution is 2.14. The maximum absolute atomic E-state index is 12.5. The van der Waals surface area contributed by atoms with Crippen molar-refractivity contribution in [2.45, 2.75) is 18.7 Å². The number of benzene rings is 1. The van der Waals surface area contributed by atoms with Gasteiger partial charge in [0.05, 0.1) is 11.5 Å². The number of amides is 1. The van der Waals surface area contributed by atoms with Gasteiger partial charge in [-0.3, -0.25) is 4.79 Å². The number of methoxy groups -OCH3 is 1. The van der Waals surface area contributed by atoms with Crippen LogP contribution in [0.5, 0.6) is 0 Å². The van der Waals surface area contributed by atoms with E-state index in [0.29, 0.717) is 18.7 Å². The molecule has 0 saturated carbocycles. The summed E-state index contributed by atoms with van der Waals surface area (Å²) >= 11 is 0. The quantitative estimate of drug-likeness (QED) is 0.548. The third-order valence-electron chi connectivity index (χ3n) is 3.12. The largest absolute Gasteiger partial charge is 0.383 e. The topological polar surface area (TPSA) is 75.7 Å². The van der Waals surface area contributed by atoms with Gasteiger partial charge in [0.2, 0.25) is 10.0 Å². The van der Waals surface area contributed by atoms with E-state index < -0.39 is 10.0 Å². The normalized spacial score (nSPS) is 11.3. The van der Waals surface area contributed by atoms with E-state index in [-0.39, 0.29) is 24.0 Å². The zero-order valence-corrected chi connectivity index (χ0v) is 14.6. The number of ether oxygens (including phenoxy) is 1. The molecule has 0 spiro atoms. The lowest BCUT2D eigenvalue weighted by Crippen LogP contribution is -2.32. The van der Waals surface area contributed by atoms with Crippen LogP contribution in [0.3, 0.4) is 0 Å². The summed E-state index contributed by atoms with van der Waals surface area (Å²) in [5, 5.41) is 0. The Hall–Kier alpha value is -1.70. The molecular formula is C16H24N2O4S. The van der Waals surface area contributed by atoms with Gasteiger partial charge in [-0.1, -0.05) is 18.2 Å². The molecule has 23 heavy (non-hydrogen) atoms. The van der Waals surface area contributed by atoms with Crippen LogP contribution in [0.1, 0.15) is 24.2 Å². The standard InChI is InChI=1S/C16H24N2O4S/c1-5-18(12-13(2)3)16(19)14-7-6-8-15(11-14)23(20,21)17-9-10-22-4/h6-8,11,17H,2,5,9-10,12H2,1,3-4H3. The van der Waals surface area contributed by atoms with Gasteiger partial charge < -0.3 is 9.64 Å². The second-order valence-electron chi connectivity index (χ2n) is 5.19. The fraction of sp³-hybridized carbons (Fsp3) is 0.438. The number of rotatable bonds is 9. The number of carbonyl (C=O) groups is 1. The zero-order chi connectivity index (χ0) is 17.5. The highest BCUT2D eigenvalue weighted by molar-refractivity contribution is 7.89. The van der Waals surface area contributed by atoms with Gasteiger partial charge in [0, 0.05) is 32.3 Å². The third-order valence-corrected chi connectivity index (χ3v) is 4.58. The van der Waals surface area contributed by atoms with E-state index in [1.54, 1.807) is 17.0 Å². The van der Waals surface area contributed by atoms with Gasteiger partial charge in [0.1, 0.15) is 0 Å². The van der Waals surface area contributed by atoms with Crippen LogP contribution in [0.2, 0.25) is 0 Å². The van der Waals surface area contributed by atoms with Crippen molar-refractivity contribution >= 4 is 15.9 Å². The Balaban J connectivity index is 2.99. The Morgan fingerprint density at radius 3 is 2.65 bits per heavy atom. The van der Waals surface area contributed by atoms with E-state index in [4.69, 9.17) is 4.74 Å². The molecule has 0 unspecified atom stereocenters. The van der Waals surface area contributed by atoms with E-state index in [1.807, 2.05) is 13.8 Å². The predicted molar refractivity (Wildman–Crippen MR) is 89.9 cm³/mol. The Morgan fingerprint density at radius 1 is 1.39 bits per heavy atom. The lowest BCUT2D eigenvalue weighted by molar-refractivity contribution is 0.0778. The van der Waals surface area contributed by atoms with Gasteiger partial charge >= 0.3 is 0 Å². The van der Waals surface area contributed by atoms with Crippen LogP contribution in [0.15, 0.2) is 41.3 Å². The van der Waals surface area contributed by atoms with Crippen molar-refractivity contribution in [3.63, 3.8) is 0 Å². The van der Waals surface area contributed by atoms with Crippen molar-refractivity contribution in [3.8, 4) is 0 Å². The molecule has 0 aliphatic carbocycles. The molecule has 0 saturated heterocycles. The number of carbonyl (C=O) groups excluding carboxylic acids is 1. The molecular weight excluding hydrogens is 316 g/mol. The monoisotopic (exact) mass is 340 g/mol. The first-order chi connectivity index (χ1) is 10.8. The van der Waals surface area contributed by atoms with Gasteiger partial charge in [0.25, 0.3) is 5.91 Å². The molecule has 7 heteroatoms. The van der Waals surface area contributed by atoms with E-state index in [9.17, 15) is 13.2 Å². The van der Waals surface area contributed by atoms with Crippen LogP contribution in [-0.2, 0) is 14.8 Å². The molecule has 0 aliphatic heterocycles. The Morgan fingerprint density at radius 2 is 2.09 bits per heavy atom. The first-order valence-electron chi connectivity index (χ1n) is 7.34. The van der Waals surface area contributed by atoms with Crippen LogP contribution in [0.4, 0.5) is 0 Å². The summed E-state index contributed by atoms with van der Waals surface area (Å²) in [6.45, 7) is 8.94. The van der Waals surface area contributed by atoms with Gasteiger partial charge in [-0.25, -0.2) is 13.1 Å². The van der Waals surface area contributed by atoms with Crippen LogP contribution in [0.25, 0.3) is 0 Å². The Labute approximate surface area is 138 Å². The molecule has 0 radical (unpaired) electrons. The first kappa shape index (κ1) is 19.3. The van der Waals surface area contributed by atoms with Crippen molar-refractivity contribution in [1.29, 1.82) is 0 Å². The predicted octanol–water partition coefficient (Wildman–Crippen LogP) is 1.65. The number of hydrogen-bond donors (Lipinski definition) is 1. The zero-order valence-electron chi connectivity index (χ0n) is 13.8. The maximum Gasteiger partial charge on any atom is 0.254 e. The summed E-state index contributed by atoms with van der Waals surface area (Å²) in [7, 11) is -2.17. The molecule has 1 rings (SSSR count). The lowest BCUT2D eigenvalue weighted by atomic mass is 10.2. The highest BCUT2D eigenvalue weighted by Gasteiger charge is 2.18. The minimum absolute atomic E-state index is 0.0610. The highest BCUT2D eigenvalue weighted by atomic mass is 32.2. The molecule has 0 heterocycles. The molecule has 0 bridgehead atoms. The summed E-state index contributed by atoms with van der Waals surface area (Å²) in [5.41, 5.74) is 1.20. The fourth-order valence-electron chi connectivity index (χ4n) is 1.99. The van der Waals surface area contributed by atoms with Crippen LogP contribution in [-0.4, -0.2) is 52.6 Å². The van der Waals surface area contributed by atoms with E-state index in [2.05, 4.69) is 11.3 Å².